The molecule has 0 N–H and O–H groups in total. The number of carbonyl (C=O) groups is 1. The van der Waals surface area contributed by atoms with Gasteiger partial charge in [-0.25, -0.2) is 0 Å². The molecule has 0 radical (unpaired) electrons. The highest BCUT2D eigenvalue weighted by Crippen LogP contribution is 2.37. The Morgan fingerprint density at radius 2 is 1.84 bits per heavy atom. The second kappa shape index (κ2) is 4.92. The molecule has 1 aromatic rings. The van der Waals surface area contributed by atoms with Gasteiger partial charge in [-0.1, -0.05) is 24.2 Å². The van der Waals surface area contributed by atoms with Crippen LogP contribution in [0.1, 0.15) is 48.2 Å². The van der Waals surface area contributed by atoms with Crippen LogP contribution in [0.4, 0.5) is 5.00 Å². The van der Waals surface area contributed by atoms with Crippen molar-refractivity contribution < 1.29 is 9.72 Å². The minimum Gasteiger partial charge on any atom is -0.332 e. The predicted molar refractivity (Wildman–Crippen MR) is 72.4 cm³/mol. The Labute approximate surface area is 115 Å². The fraction of sp³-hybridized carbons (Fsp3) is 0.615. The van der Waals surface area contributed by atoms with Crippen LogP contribution in [-0.4, -0.2) is 27.8 Å². The molecule has 2 aliphatic rings. The summed E-state index contributed by atoms with van der Waals surface area (Å²) in [6, 6.07) is 3.74. The lowest BCUT2D eigenvalue weighted by Gasteiger charge is -2.28. The Kier molecular flexibility index (Phi) is 3.26. The first-order valence-corrected chi connectivity index (χ1v) is 7.55. The Morgan fingerprint density at radius 1 is 1.21 bits per heavy atom. The maximum absolute atomic E-state index is 12.6. The molecule has 2 saturated carbocycles. The molecule has 2 fully saturated rings. The van der Waals surface area contributed by atoms with Crippen LogP contribution < -0.4 is 0 Å². The van der Waals surface area contributed by atoms with Gasteiger partial charge in [0.05, 0.1) is 9.80 Å². The monoisotopic (exact) mass is 280 g/mol. The summed E-state index contributed by atoms with van der Waals surface area (Å²) in [5.41, 5.74) is 0. The van der Waals surface area contributed by atoms with E-state index in [4.69, 9.17) is 0 Å². The van der Waals surface area contributed by atoms with E-state index in [9.17, 15) is 14.9 Å². The number of rotatable bonds is 4. The molecule has 0 aliphatic heterocycles. The topological polar surface area (TPSA) is 63.4 Å². The molecule has 1 aromatic heterocycles. The van der Waals surface area contributed by atoms with E-state index in [0.717, 1.165) is 37.0 Å². The Balaban J connectivity index is 1.80. The molecular formula is C13H16N2O3S. The molecule has 0 spiro atoms. The van der Waals surface area contributed by atoms with Crippen LogP contribution >= 0.6 is 11.3 Å². The zero-order valence-electron chi connectivity index (χ0n) is 10.6. The molecule has 1 amide bonds. The van der Waals surface area contributed by atoms with Crippen molar-refractivity contribution in [2.24, 2.45) is 0 Å². The lowest BCUT2D eigenvalue weighted by molar-refractivity contribution is -0.380. The smallest absolute Gasteiger partial charge is 0.324 e. The summed E-state index contributed by atoms with van der Waals surface area (Å²) >= 11 is 0.991. The van der Waals surface area contributed by atoms with Crippen LogP contribution in [-0.2, 0) is 0 Å². The van der Waals surface area contributed by atoms with Crippen molar-refractivity contribution in [1.82, 2.24) is 4.90 Å². The Hall–Kier alpha value is -1.43. The number of nitro groups is 1. The third-order valence-corrected chi connectivity index (χ3v) is 4.90. The maximum Gasteiger partial charge on any atom is 0.324 e. The summed E-state index contributed by atoms with van der Waals surface area (Å²) in [7, 11) is 0. The number of hydrogen-bond acceptors (Lipinski definition) is 4. The van der Waals surface area contributed by atoms with Gasteiger partial charge >= 0.3 is 5.00 Å². The highest BCUT2D eigenvalue weighted by atomic mass is 32.1. The summed E-state index contributed by atoms with van der Waals surface area (Å²) in [5.74, 6) is -0.00694. The number of amides is 1. The van der Waals surface area contributed by atoms with E-state index >= 15 is 0 Å². The fourth-order valence-electron chi connectivity index (χ4n) is 2.83. The number of carbonyl (C=O) groups excluding carboxylic acids is 1. The van der Waals surface area contributed by atoms with Crippen molar-refractivity contribution in [3.63, 3.8) is 0 Å². The SMILES string of the molecule is O=C(c1ccc([N+](=O)[O-])s1)N(C1CCCC1)C1CC1. The fourth-order valence-corrected chi connectivity index (χ4v) is 3.60. The Morgan fingerprint density at radius 3 is 2.37 bits per heavy atom. The molecule has 0 saturated heterocycles. The molecule has 3 rings (SSSR count). The van der Waals surface area contributed by atoms with Gasteiger partial charge in [0, 0.05) is 18.2 Å². The van der Waals surface area contributed by atoms with E-state index < -0.39 is 4.92 Å². The molecule has 2 aliphatic carbocycles. The average Bonchev–Trinajstić information content (AvgIpc) is 2.91. The van der Waals surface area contributed by atoms with Crippen molar-refractivity contribution in [2.45, 2.75) is 50.6 Å². The maximum atomic E-state index is 12.6. The van der Waals surface area contributed by atoms with Crippen LogP contribution in [0.25, 0.3) is 0 Å². The Bertz CT molecular complexity index is 504. The van der Waals surface area contributed by atoms with Crippen molar-refractivity contribution in [2.75, 3.05) is 0 Å². The molecule has 19 heavy (non-hydrogen) atoms. The van der Waals surface area contributed by atoms with Crippen LogP contribution in [0, 0.1) is 10.1 Å². The summed E-state index contributed by atoms with van der Waals surface area (Å²) < 4.78 is 0. The first kappa shape index (κ1) is 12.6. The van der Waals surface area contributed by atoms with E-state index in [2.05, 4.69) is 0 Å². The molecule has 5 nitrogen and oxygen atoms in total. The van der Waals surface area contributed by atoms with Gasteiger partial charge in [0.1, 0.15) is 0 Å². The molecule has 0 unspecified atom stereocenters. The normalized spacial score (nSPS) is 19.6. The average molecular weight is 280 g/mol. The predicted octanol–water partition coefficient (Wildman–Crippen LogP) is 3.20. The van der Waals surface area contributed by atoms with E-state index in [1.165, 1.54) is 18.9 Å². The highest BCUT2D eigenvalue weighted by molar-refractivity contribution is 7.17. The molecular weight excluding hydrogens is 264 g/mol. The van der Waals surface area contributed by atoms with Gasteiger partial charge in [-0.05, 0) is 31.7 Å². The van der Waals surface area contributed by atoms with Gasteiger partial charge in [-0.2, -0.15) is 0 Å². The lowest BCUT2D eigenvalue weighted by atomic mass is 10.2. The van der Waals surface area contributed by atoms with Crippen molar-refractivity contribution in [1.29, 1.82) is 0 Å². The summed E-state index contributed by atoms with van der Waals surface area (Å²) in [4.78, 5) is 25.3. The van der Waals surface area contributed by atoms with E-state index in [1.54, 1.807) is 6.07 Å². The van der Waals surface area contributed by atoms with Gasteiger partial charge in [-0.3, -0.25) is 14.9 Å². The van der Waals surface area contributed by atoms with Gasteiger partial charge < -0.3 is 4.90 Å². The van der Waals surface area contributed by atoms with Gasteiger partial charge in [0.25, 0.3) is 5.91 Å². The van der Waals surface area contributed by atoms with Crippen molar-refractivity contribution in [3.8, 4) is 0 Å². The number of thiophene rings is 1. The van der Waals surface area contributed by atoms with Crippen molar-refractivity contribution >= 4 is 22.2 Å². The second-order valence-corrected chi connectivity index (χ2v) is 6.34. The van der Waals surface area contributed by atoms with E-state index in [1.807, 2.05) is 4.90 Å². The second-order valence-electron chi connectivity index (χ2n) is 5.28. The van der Waals surface area contributed by atoms with Crippen LogP contribution in [0.15, 0.2) is 12.1 Å². The molecule has 102 valence electrons. The van der Waals surface area contributed by atoms with Gasteiger partial charge in [-0.15, -0.1) is 0 Å². The third-order valence-electron chi connectivity index (χ3n) is 3.88. The summed E-state index contributed by atoms with van der Waals surface area (Å²) in [6.07, 6.45) is 6.69. The van der Waals surface area contributed by atoms with Crippen LogP contribution in [0.3, 0.4) is 0 Å². The first-order chi connectivity index (χ1) is 9.16. The van der Waals surface area contributed by atoms with E-state index in [-0.39, 0.29) is 10.9 Å². The first-order valence-electron chi connectivity index (χ1n) is 6.73. The highest BCUT2D eigenvalue weighted by Gasteiger charge is 2.39. The van der Waals surface area contributed by atoms with Gasteiger partial charge in [0.2, 0.25) is 0 Å². The largest absolute Gasteiger partial charge is 0.332 e. The molecule has 0 bridgehead atoms. The van der Waals surface area contributed by atoms with Crippen LogP contribution in [0.5, 0.6) is 0 Å². The van der Waals surface area contributed by atoms with E-state index in [0.29, 0.717) is 17.0 Å². The lowest BCUT2D eigenvalue weighted by Crippen LogP contribution is -2.40. The minimum absolute atomic E-state index is 0.00694. The quantitative estimate of drug-likeness (QED) is 0.628. The molecule has 0 aromatic carbocycles. The van der Waals surface area contributed by atoms with Gasteiger partial charge in [0.15, 0.2) is 0 Å². The third kappa shape index (κ3) is 2.49. The summed E-state index contributed by atoms with van der Waals surface area (Å²) in [5, 5.41) is 10.7. The molecule has 1 heterocycles. The molecule has 0 atom stereocenters. The summed E-state index contributed by atoms with van der Waals surface area (Å²) in [6.45, 7) is 0. The van der Waals surface area contributed by atoms with Crippen LogP contribution in [0.2, 0.25) is 0 Å². The van der Waals surface area contributed by atoms with Crippen molar-refractivity contribution in [3.05, 3.63) is 27.1 Å². The number of hydrogen-bond donors (Lipinski definition) is 0. The molecule has 6 heteroatoms. The zero-order chi connectivity index (χ0) is 13.4. The number of nitrogens with zero attached hydrogens (tertiary/aromatic N) is 2. The zero-order valence-corrected chi connectivity index (χ0v) is 11.4. The standard InChI is InChI=1S/C13H16N2O3S/c16-13(11-7-8-12(19-11)15(17)18)14(10-5-6-10)9-3-1-2-4-9/h7-10H,1-6H2. The minimum atomic E-state index is -0.432.